The highest BCUT2D eigenvalue weighted by molar-refractivity contribution is 6.31. The summed E-state index contributed by atoms with van der Waals surface area (Å²) in [5.74, 6) is 0. The van der Waals surface area contributed by atoms with Crippen molar-refractivity contribution in [3.05, 3.63) is 34.9 Å². The predicted octanol–water partition coefficient (Wildman–Crippen LogP) is 2.90. The summed E-state index contributed by atoms with van der Waals surface area (Å²) < 4.78 is 5.25. The van der Waals surface area contributed by atoms with Crippen molar-refractivity contribution in [3.8, 4) is 0 Å². The fourth-order valence-electron chi connectivity index (χ4n) is 1.51. The standard InChI is InChI=1S/C13H20ClNO/c1-10(11(2)16-3)15-9-8-12-6-4-5-7-13(12)14/h4-7,10-11,15H,8-9H2,1-3H3. The van der Waals surface area contributed by atoms with E-state index in [0.29, 0.717) is 6.04 Å². The highest BCUT2D eigenvalue weighted by Gasteiger charge is 2.09. The molecule has 0 fully saturated rings. The number of halogens is 1. The molecule has 0 aliphatic carbocycles. The third-order valence-corrected chi connectivity index (χ3v) is 3.26. The smallest absolute Gasteiger partial charge is 0.0693 e. The number of benzene rings is 1. The van der Waals surface area contributed by atoms with Crippen molar-refractivity contribution in [2.24, 2.45) is 0 Å². The van der Waals surface area contributed by atoms with Crippen LogP contribution in [0.1, 0.15) is 19.4 Å². The number of rotatable bonds is 6. The SMILES string of the molecule is COC(C)C(C)NCCc1ccccc1Cl. The number of nitrogens with one attached hydrogen (secondary N) is 1. The summed E-state index contributed by atoms with van der Waals surface area (Å²) in [4.78, 5) is 0. The van der Waals surface area contributed by atoms with E-state index in [2.05, 4.69) is 25.2 Å². The first kappa shape index (κ1) is 13.5. The van der Waals surface area contributed by atoms with Crippen molar-refractivity contribution in [1.29, 1.82) is 0 Å². The van der Waals surface area contributed by atoms with Gasteiger partial charge in [0.2, 0.25) is 0 Å². The Bertz CT molecular complexity index is 317. The molecule has 2 nitrogen and oxygen atoms in total. The fourth-order valence-corrected chi connectivity index (χ4v) is 1.74. The van der Waals surface area contributed by atoms with Gasteiger partial charge in [-0.25, -0.2) is 0 Å². The first-order chi connectivity index (χ1) is 7.65. The van der Waals surface area contributed by atoms with Crippen molar-refractivity contribution in [1.82, 2.24) is 5.32 Å². The van der Waals surface area contributed by atoms with E-state index >= 15 is 0 Å². The molecule has 0 saturated heterocycles. The van der Waals surface area contributed by atoms with E-state index in [0.717, 1.165) is 18.0 Å². The van der Waals surface area contributed by atoms with Gasteiger partial charge < -0.3 is 10.1 Å². The van der Waals surface area contributed by atoms with Gasteiger partial charge in [0.25, 0.3) is 0 Å². The Labute approximate surface area is 103 Å². The van der Waals surface area contributed by atoms with Crippen LogP contribution in [0.2, 0.25) is 5.02 Å². The van der Waals surface area contributed by atoms with Gasteiger partial charge in [0.05, 0.1) is 6.10 Å². The summed E-state index contributed by atoms with van der Waals surface area (Å²) in [6.07, 6.45) is 1.17. The van der Waals surface area contributed by atoms with Crippen molar-refractivity contribution >= 4 is 11.6 Å². The highest BCUT2D eigenvalue weighted by Crippen LogP contribution is 2.14. The van der Waals surface area contributed by atoms with Gasteiger partial charge in [0.15, 0.2) is 0 Å². The maximum absolute atomic E-state index is 6.08. The van der Waals surface area contributed by atoms with E-state index in [1.54, 1.807) is 7.11 Å². The first-order valence-corrected chi connectivity index (χ1v) is 6.02. The van der Waals surface area contributed by atoms with Crippen molar-refractivity contribution in [3.63, 3.8) is 0 Å². The molecule has 0 radical (unpaired) electrons. The fraction of sp³-hybridized carbons (Fsp3) is 0.538. The van der Waals surface area contributed by atoms with Crippen LogP contribution < -0.4 is 5.32 Å². The second-order valence-corrected chi connectivity index (χ2v) is 4.43. The second-order valence-electron chi connectivity index (χ2n) is 4.03. The molecule has 1 rings (SSSR count). The number of hydrogen-bond acceptors (Lipinski definition) is 2. The number of ether oxygens (including phenoxy) is 1. The quantitative estimate of drug-likeness (QED) is 0.827. The average molecular weight is 242 g/mol. The molecule has 2 unspecified atom stereocenters. The van der Waals surface area contributed by atoms with Crippen molar-refractivity contribution in [2.75, 3.05) is 13.7 Å². The monoisotopic (exact) mass is 241 g/mol. The van der Waals surface area contributed by atoms with E-state index in [4.69, 9.17) is 16.3 Å². The van der Waals surface area contributed by atoms with Crippen LogP contribution in [0.4, 0.5) is 0 Å². The van der Waals surface area contributed by atoms with E-state index in [9.17, 15) is 0 Å². The van der Waals surface area contributed by atoms with Crippen LogP contribution in [0.25, 0.3) is 0 Å². The summed E-state index contributed by atoms with van der Waals surface area (Å²) in [7, 11) is 1.73. The molecule has 0 aromatic heterocycles. The summed E-state index contributed by atoms with van der Waals surface area (Å²) in [5, 5.41) is 4.27. The molecule has 1 N–H and O–H groups in total. The molecule has 0 aliphatic rings. The van der Waals surface area contributed by atoms with Crippen LogP contribution in [0.15, 0.2) is 24.3 Å². The van der Waals surface area contributed by atoms with Gasteiger partial charge in [-0.2, -0.15) is 0 Å². The Kier molecular flexibility index (Phi) is 5.81. The van der Waals surface area contributed by atoms with E-state index in [1.165, 1.54) is 5.56 Å². The molecule has 0 bridgehead atoms. The third-order valence-electron chi connectivity index (χ3n) is 2.89. The van der Waals surface area contributed by atoms with Gasteiger partial charge in [-0.1, -0.05) is 29.8 Å². The summed E-state index contributed by atoms with van der Waals surface area (Å²) in [5.41, 5.74) is 1.19. The van der Waals surface area contributed by atoms with Crippen molar-refractivity contribution in [2.45, 2.75) is 32.4 Å². The zero-order valence-corrected chi connectivity index (χ0v) is 10.9. The molecule has 90 valence electrons. The lowest BCUT2D eigenvalue weighted by atomic mass is 10.1. The van der Waals surface area contributed by atoms with Crippen LogP contribution >= 0.6 is 11.6 Å². The molecular formula is C13H20ClNO. The topological polar surface area (TPSA) is 21.3 Å². The lowest BCUT2D eigenvalue weighted by Crippen LogP contribution is -2.37. The van der Waals surface area contributed by atoms with Crippen LogP contribution in [-0.4, -0.2) is 25.8 Å². The normalized spacial score (nSPS) is 14.8. The molecule has 3 heteroatoms. The molecular weight excluding hydrogens is 222 g/mol. The Hall–Kier alpha value is -0.570. The summed E-state index contributed by atoms with van der Waals surface area (Å²) >= 11 is 6.08. The van der Waals surface area contributed by atoms with Gasteiger partial charge in [-0.05, 0) is 38.4 Å². The summed E-state index contributed by atoms with van der Waals surface area (Å²) in [6, 6.07) is 8.32. The number of hydrogen-bond donors (Lipinski definition) is 1. The van der Waals surface area contributed by atoms with Gasteiger partial charge in [0.1, 0.15) is 0 Å². The van der Waals surface area contributed by atoms with E-state index in [1.807, 2.05) is 18.2 Å². The number of methoxy groups -OCH3 is 1. The minimum atomic E-state index is 0.228. The molecule has 1 aromatic carbocycles. The Morgan fingerprint density at radius 3 is 2.62 bits per heavy atom. The van der Waals surface area contributed by atoms with Crippen LogP contribution in [0.3, 0.4) is 0 Å². The van der Waals surface area contributed by atoms with E-state index in [-0.39, 0.29) is 6.10 Å². The highest BCUT2D eigenvalue weighted by atomic mass is 35.5. The lowest BCUT2D eigenvalue weighted by Gasteiger charge is -2.19. The molecule has 2 atom stereocenters. The zero-order chi connectivity index (χ0) is 12.0. The minimum absolute atomic E-state index is 0.228. The van der Waals surface area contributed by atoms with Crippen LogP contribution in [0, 0.1) is 0 Å². The van der Waals surface area contributed by atoms with Gasteiger partial charge in [0, 0.05) is 18.2 Å². The molecule has 0 spiro atoms. The maximum Gasteiger partial charge on any atom is 0.0693 e. The van der Waals surface area contributed by atoms with Crippen LogP contribution in [0.5, 0.6) is 0 Å². The van der Waals surface area contributed by atoms with Crippen molar-refractivity contribution < 1.29 is 4.74 Å². The second kappa shape index (κ2) is 6.89. The molecule has 1 aromatic rings. The largest absolute Gasteiger partial charge is 0.380 e. The van der Waals surface area contributed by atoms with Crippen LogP contribution in [-0.2, 0) is 11.2 Å². The van der Waals surface area contributed by atoms with Gasteiger partial charge in [-0.3, -0.25) is 0 Å². The molecule has 0 amide bonds. The zero-order valence-electron chi connectivity index (χ0n) is 10.2. The maximum atomic E-state index is 6.08. The van der Waals surface area contributed by atoms with Gasteiger partial charge >= 0.3 is 0 Å². The average Bonchev–Trinajstić information content (AvgIpc) is 2.30. The van der Waals surface area contributed by atoms with Gasteiger partial charge in [-0.15, -0.1) is 0 Å². The predicted molar refractivity (Wildman–Crippen MR) is 69.1 cm³/mol. The lowest BCUT2D eigenvalue weighted by molar-refractivity contribution is 0.0890. The third kappa shape index (κ3) is 4.12. The Morgan fingerprint density at radius 2 is 2.00 bits per heavy atom. The molecule has 0 heterocycles. The molecule has 0 saturated carbocycles. The molecule has 16 heavy (non-hydrogen) atoms. The van der Waals surface area contributed by atoms with E-state index < -0.39 is 0 Å². The summed E-state index contributed by atoms with van der Waals surface area (Å²) in [6.45, 7) is 5.10. The first-order valence-electron chi connectivity index (χ1n) is 5.64. The Morgan fingerprint density at radius 1 is 1.31 bits per heavy atom. The Balaban J connectivity index is 2.33. The molecule has 0 aliphatic heterocycles. The minimum Gasteiger partial charge on any atom is -0.380 e.